The van der Waals surface area contributed by atoms with Crippen LogP contribution < -0.4 is 5.32 Å². The minimum absolute atomic E-state index is 0.116. The Morgan fingerprint density at radius 3 is 2.56 bits per heavy atom. The fourth-order valence-corrected chi connectivity index (χ4v) is 3.47. The van der Waals surface area contributed by atoms with Gasteiger partial charge in [0.1, 0.15) is 5.69 Å². The molecule has 2 amide bonds. The van der Waals surface area contributed by atoms with E-state index in [1.165, 1.54) is 37.3 Å². The summed E-state index contributed by atoms with van der Waals surface area (Å²) >= 11 is 0. The van der Waals surface area contributed by atoms with Gasteiger partial charge in [-0.05, 0) is 31.9 Å². The molecule has 11 heteroatoms. The summed E-state index contributed by atoms with van der Waals surface area (Å²) in [6.45, 7) is 3.50. The Bertz CT molecular complexity index is 837. The number of likely N-dealkylation sites (tertiary alicyclic amines) is 1. The van der Waals surface area contributed by atoms with Crippen LogP contribution in [0.15, 0.2) is 18.2 Å². The molecule has 2 rings (SSSR count). The van der Waals surface area contributed by atoms with Gasteiger partial charge in [0, 0.05) is 45.4 Å². The summed E-state index contributed by atoms with van der Waals surface area (Å²) in [6.07, 6.45) is 1.04. The average Bonchev–Trinajstić information content (AvgIpc) is 2.79. The molecule has 0 aromatic heterocycles. The van der Waals surface area contributed by atoms with Crippen molar-refractivity contribution >= 4 is 29.2 Å². The Morgan fingerprint density at radius 1 is 1.28 bits per heavy atom. The fraction of sp³-hybridized carbons (Fsp3) is 0.571. The number of rotatable bonds is 10. The van der Waals surface area contributed by atoms with Crippen molar-refractivity contribution in [2.24, 2.45) is 5.92 Å². The molecule has 1 aromatic rings. The number of likely N-dealkylation sites (N-methyl/N-ethyl adjacent to an activating group) is 1. The van der Waals surface area contributed by atoms with Crippen LogP contribution in [0.25, 0.3) is 0 Å². The van der Waals surface area contributed by atoms with E-state index in [1.807, 2.05) is 0 Å². The third-order valence-corrected chi connectivity index (χ3v) is 5.25. The second-order valence-electron chi connectivity index (χ2n) is 7.48. The summed E-state index contributed by atoms with van der Waals surface area (Å²) in [4.78, 5) is 50.9. The van der Waals surface area contributed by atoms with Crippen molar-refractivity contribution in [2.75, 3.05) is 58.9 Å². The molecule has 176 valence electrons. The van der Waals surface area contributed by atoms with Crippen LogP contribution in [0.5, 0.6) is 0 Å². The second kappa shape index (κ2) is 12.0. The van der Waals surface area contributed by atoms with Crippen LogP contribution >= 0.6 is 0 Å². The maximum absolute atomic E-state index is 12.8. The van der Waals surface area contributed by atoms with Gasteiger partial charge in [-0.25, -0.2) is 0 Å². The average molecular weight is 450 g/mol. The Labute approximate surface area is 186 Å². The molecule has 1 aliphatic heterocycles. The summed E-state index contributed by atoms with van der Waals surface area (Å²) in [5, 5.41) is 14.3. The van der Waals surface area contributed by atoms with Crippen LogP contribution in [0.1, 0.15) is 30.1 Å². The van der Waals surface area contributed by atoms with Crippen LogP contribution in [-0.2, 0) is 19.1 Å². The lowest BCUT2D eigenvalue weighted by Crippen LogP contribution is -2.45. The van der Waals surface area contributed by atoms with E-state index in [2.05, 4.69) is 5.32 Å². The molecule has 0 bridgehead atoms. The zero-order valence-electron chi connectivity index (χ0n) is 18.7. The largest absolute Gasteiger partial charge is 0.466 e. The Kier molecular flexibility index (Phi) is 9.39. The van der Waals surface area contributed by atoms with Gasteiger partial charge >= 0.3 is 5.97 Å². The van der Waals surface area contributed by atoms with E-state index < -0.39 is 10.8 Å². The maximum Gasteiger partial charge on any atom is 0.309 e. The smallest absolute Gasteiger partial charge is 0.309 e. The van der Waals surface area contributed by atoms with E-state index in [4.69, 9.17) is 9.47 Å². The molecule has 0 unspecified atom stereocenters. The minimum Gasteiger partial charge on any atom is -0.466 e. The number of esters is 1. The zero-order valence-corrected chi connectivity index (χ0v) is 18.7. The highest BCUT2D eigenvalue weighted by atomic mass is 16.6. The molecule has 11 nitrogen and oxygen atoms in total. The zero-order chi connectivity index (χ0) is 23.7. The topological polar surface area (TPSA) is 131 Å². The molecule has 32 heavy (non-hydrogen) atoms. The molecule has 1 aromatic carbocycles. The van der Waals surface area contributed by atoms with Gasteiger partial charge in [0.2, 0.25) is 5.91 Å². The highest BCUT2D eigenvalue weighted by Crippen LogP contribution is 2.26. The van der Waals surface area contributed by atoms with Gasteiger partial charge in [0.15, 0.2) is 0 Å². The Morgan fingerprint density at radius 2 is 1.97 bits per heavy atom. The molecule has 0 radical (unpaired) electrons. The number of piperidine rings is 1. The summed E-state index contributed by atoms with van der Waals surface area (Å²) < 4.78 is 9.95. The number of carbonyl (C=O) groups is 3. The molecular weight excluding hydrogens is 420 g/mol. The number of amides is 2. The van der Waals surface area contributed by atoms with Gasteiger partial charge in [-0.1, -0.05) is 0 Å². The number of carbonyl (C=O) groups excluding carboxylic acids is 3. The number of benzene rings is 1. The van der Waals surface area contributed by atoms with Gasteiger partial charge < -0.3 is 24.6 Å². The molecule has 1 aliphatic rings. The monoisotopic (exact) mass is 450 g/mol. The molecule has 0 aliphatic carbocycles. The number of hydrogen-bond donors (Lipinski definition) is 1. The number of nitro groups is 1. The van der Waals surface area contributed by atoms with Crippen molar-refractivity contribution in [2.45, 2.75) is 19.8 Å². The van der Waals surface area contributed by atoms with E-state index in [1.54, 1.807) is 11.8 Å². The number of hydrogen-bond acceptors (Lipinski definition) is 8. The first-order valence-electron chi connectivity index (χ1n) is 10.5. The first-order valence-corrected chi connectivity index (χ1v) is 10.5. The SMILES string of the molecule is CCOC(=O)C1CCN(C(=O)CN(C)C(=O)c2ccc(NCCOC)c([N+](=O)[O-])c2)CC1. The number of nitro benzene ring substituents is 1. The lowest BCUT2D eigenvalue weighted by Gasteiger charge is -2.32. The highest BCUT2D eigenvalue weighted by molar-refractivity contribution is 5.97. The van der Waals surface area contributed by atoms with E-state index in [0.717, 1.165) is 0 Å². The number of nitrogens with one attached hydrogen (secondary N) is 1. The Hall–Kier alpha value is -3.21. The van der Waals surface area contributed by atoms with Crippen molar-refractivity contribution in [1.29, 1.82) is 0 Å². The van der Waals surface area contributed by atoms with E-state index in [9.17, 15) is 24.5 Å². The number of ether oxygens (including phenoxy) is 2. The number of anilines is 1. The first-order chi connectivity index (χ1) is 15.3. The third kappa shape index (κ3) is 6.64. The predicted molar refractivity (Wildman–Crippen MR) is 116 cm³/mol. The quantitative estimate of drug-likeness (QED) is 0.246. The summed E-state index contributed by atoms with van der Waals surface area (Å²) in [6, 6.07) is 4.15. The summed E-state index contributed by atoms with van der Waals surface area (Å²) in [5.41, 5.74) is 0.171. The molecule has 0 atom stereocenters. The predicted octanol–water partition coefficient (Wildman–Crippen LogP) is 1.53. The lowest BCUT2D eigenvalue weighted by atomic mass is 9.97. The number of methoxy groups -OCH3 is 1. The van der Waals surface area contributed by atoms with Crippen molar-refractivity contribution < 1.29 is 28.8 Å². The summed E-state index contributed by atoms with van der Waals surface area (Å²) in [7, 11) is 3.00. The molecule has 1 heterocycles. The van der Waals surface area contributed by atoms with Gasteiger partial charge in [-0.3, -0.25) is 24.5 Å². The number of nitrogens with zero attached hydrogens (tertiary/aromatic N) is 3. The van der Waals surface area contributed by atoms with Crippen molar-refractivity contribution in [3.8, 4) is 0 Å². The van der Waals surface area contributed by atoms with Crippen LogP contribution in [0.4, 0.5) is 11.4 Å². The second-order valence-corrected chi connectivity index (χ2v) is 7.48. The van der Waals surface area contributed by atoms with E-state index >= 15 is 0 Å². The molecule has 1 N–H and O–H groups in total. The van der Waals surface area contributed by atoms with Crippen LogP contribution in [0.3, 0.4) is 0 Å². The fourth-order valence-electron chi connectivity index (χ4n) is 3.47. The standard InChI is InChI=1S/C21H30N4O7/c1-4-32-21(28)15-7-10-24(11-8-15)19(26)14-23(2)20(27)16-5-6-17(22-9-12-31-3)18(13-16)25(29)30/h5-6,13,15,22H,4,7-12,14H2,1-3H3. The minimum atomic E-state index is -0.565. The first kappa shape index (κ1) is 25.1. The van der Waals surface area contributed by atoms with Crippen LogP contribution in [0, 0.1) is 16.0 Å². The van der Waals surface area contributed by atoms with E-state index in [0.29, 0.717) is 45.7 Å². The molecular formula is C21H30N4O7. The highest BCUT2D eigenvalue weighted by Gasteiger charge is 2.29. The lowest BCUT2D eigenvalue weighted by molar-refractivity contribution is -0.384. The van der Waals surface area contributed by atoms with Gasteiger partial charge in [0.25, 0.3) is 11.6 Å². The normalized spacial score (nSPS) is 14.0. The van der Waals surface area contributed by atoms with Gasteiger partial charge in [-0.15, -0.1) is 0 Å². The third-order valence-electron chi connectivity index (χ3n) is 5.25. The summed E-state index contributed by atoms with van der Waals surface area (Å²) in [5.74, 6) is -1.19. The molecule has 1 fully saturated rings. The van der Waals surface area contributed by atoms with E-state index in [-0.39, 0.29) is 41.3 Å². The Balaban J connectivity index is 1.97. The van der Waals surface area contributed by atoms with Crippen LogP contribution in [-0.4, -0.2) is 86.1 Å². The molecule has 0 saturated carbocycles. The van der Waals surface area contributed by atoms with Crippen molar-refractivity contribution in [1.82, 2.24) is 9.80 Å². The maximum atomic E-state index is 12.8. The van der Waals surface area contributed by atoms with Crippen LogP contribution in [0.2, 0.25) is 0 Å². The van der Waals surface area contributed by atoms with Crippen molar-refractivity contribution in [3.05, 3.63) is 33.9 Å². The van der Waals surface area contributed by atoms with Gasteiger partial charge in [-0.2, -0.15) is 0 Å². The molecule has 1 saturated heterocycles. The van der Waals surface area contributed by atoms with Gasteiger partial charge in [0.05, 0.1) is 30.6 Å². The molecule has 0 spiro atoms. The van der Waals surface area contributed by atoms with Crippen molar-refractivity contribution in [3.63, 3.8) is 0 Å².